The summed E-state index contributed by atoms with van der Waals surface area (Å²) in [7, 11) is 0. The zero-order valence-electron chi connectivity index (χ0n) is 8.47. The molecule has 2 N–H and O–H groups in total. The van der Waals surface area contributed by atoms with Gasteiger partial charge in [0.25, 0.3) is 0 Å². The number of rotatable bonds is 1. The van der Waals surface area contributed by atoms with E-state index in [0.717, 1.165) is 38.4 Å². The Hall–Kier alpha value is -1.32. The molecule has 4 heteroatoms. The highest BCUT2D eigenvalue weighted by Gasteiger charge is 2.16. The third-order valence-electron chi connectivity index (χ3n) is 2.76. The molecule has 1 heterocycles. The number of nitrogens with zero attached hydrogens (tertiary/aromatic N) is 1. The average molecular weight is 212 g/mol. The van der Waals surface area contributed by atoms with Gasteiger partial charge in [-0.2, -0.15) is 0 Å². The van der Waals surface area contributed by atoms with Gasteiger partial charge < -0.3 is 10.6 Å². The van der Waals surface area contributed by atoms with Crippen molar-refractivity contribution in [3.63, 3.8) is 0 Å². The Balaban J connectivity index is 2.30. The smallest absolute Gasteiger partial charge is 0.148 e. The molecule has 2 nitrogen and oxygen atoms in total. The molecule has 82 valence electrons. The number of nitrogen functional groups attached to an aromatic ring is 1. The van der Waals surface area contributed by atoms with Gasteiger partial charge in [0.15, 0.2) is 0 Å². The Labute approximate surface area is 87.7 Å². The van der Waals surface area contributed by atoms with E-state index in [0.29, 0.717) is 5.69 Å². The van der Waals surface area contributed by atoms with E-state index in [-0.39, 0.29) is 5.69 Å². The maximum atomic E-state index is 13.5. The van der Waals surface area contributed by atoms with Gasteiger partial charge in [-0.15, -0.1) is 0 Å². The first-order valence-electron chi connectivity index (χ1n) is 5.18. The first kappa shape index (κ1) is 10.2. The third-order valence-corrected chi connectivity index (χ3v) is 2.76. The van der Waals surface area contributed by atoms with Gasteiger partial charge in [0.1, 0.15) is 11.6 Å². The molecule has 0 aliphatic carbocycles. The summed E-state index contributed by atoms with van der Waals surface area (Å²) in [6, 6.07) is 2.25. The Morgan fingerprint density at radius 1 is 1.00 bits per heavy atom. The molecule has 0 radical (unpaired) electrons. The Morgan fingerprint density at radius 2 is 1.67 bits per heavy atom. The quantitative estimate of drug-likeness (QED) is 0.725. The van der Waals surface area contributed by atoms with Crippen LogP contribution in [0, 0.1) is 11.6 Å². The second-order valence-electron chi connectivity index (χ2n) is 3.87. The molecular formula is C11H14F2N2. The second kappa shape index (κ2) is 4.04. The highest BCUT2D eigenvalue weighted by molar-refractivity contribution is 5.55. The predicted octanol–water partition coefficient (Wildman–Crippen LogP) is 2.54. The van der Waals surface area contributed by atoms with Crippen molar-refractivity contribution < 1.29 is 8.78 Å². The minimum atomic E-state index is -0.544. The second-order valence-corrected chi connectivity index (χ2v) is 3.87. The van der Waals surface area contributed by atoms with E-state index >= 15 is 0 Å². The van der Waals surface area contributed by atoms with E-state index in [1.165, 1.54) is 6.07 Å². The molecule has 1 aliphatic rings. The molecule has 2 rings (SSSR count). The minimum Gasteiger partial charge on any atom is -0.396 e. The van der Waals surface area contributed by atoms with Gasteiger partial charge in [0, 0.05) is 25.2 Å². The molecule has 1 saturated heterocycles. The lowest BCUT2D eigenvalue weighted by atomic mass is 10.1. The monoisotopic (exact) mass is 212 g/mol. The molecule has 1 aromatic rings. The van der Waals surface area contributed by atoms with Gasteiger partial charge in [0.2, 0.25) is 0 Å². The summed E-state index contributed by atoms with van der Waals surface area (Å²) in [5, 5.41) is 0. The Morgan fingerprint density at radius 3 is 2.33 bits per heavy atom. The fourth-order valence-corrected chi connectivity index (χ4v) is 1.93. The van der Waals surface area contributed by atoms with E-state index < -0.39 is 11.6 Å². The number of benzene rings is 1. The van der Waals surface area contributed by atoms with Gasteiger partial charge in [0.05, 0.1) is 11.4 Å². The number of hydrogen-bond donors (Lipinski definition) is 1. The molecule has 0 atom stereocenters. The van der Waals surface area contributed by atoms with Crippen molar-refractivity contribution in [2.24, 2.45) is 0 Å². The van der Waals surface area contributed by atoms with Gasteiger partial charge in [-0.3, -0.25) is 0 Å². The van der Waals surface area contributed by atoms with E-state index in [9.17, 15) is 8.78 Å². The number of nitrogens with two attached hydrogens (primary N) is 1. The lowest BCUT2D eigenvalue weighted by molar-refractivity contribution is 0.551. The summed E-state index contributed by atoms with van der Waals surface area (Å²) in [6.07, 6.45) is 3.23. The molecule has 0 aromatic heterocycles. The number of halogens is 2. The number of piperidine rings is 1. The fourth-order valence-electron chi connectivity index (χ4n) is 1.93. The van der Waals surface area contributed by atoms with Crippen LogP contribution in [-0.2, 0) is 0 Å². The summed E-state index contributed by atoms with van der Waals surface area (Å²) >= 11 is 0. The SMILES string of the molecule is Nc1cc(F)c(N2CCCCC2)cc1F. The van der Waals surface area contributed by atoms with Crippen LogP contribution in [0.5, 0.6) is 0 Å². The van der Waals surface area contributed by atoms with Crippen molar-refractivity contribution in [1.29, 1.82) is 0 Å². The lowest BCUT2D eigenvalue weighted by Crippen LogP contribution is -2.30. The highest BCUT2D eigenvalue weighted by Crippen LogP contribution is 2.26. The van der Waals surface area contributed by atoms with Crippen molar-refractivity contribution in [2.45, 2.75) is 19.3 Å². The summed E-state index contributed by atoms with van der Waals surface area (Å²) in [6.45, 7) is 1.58. The topological polar surface area (TPSA) is 29.3 Å². The lowest BCUT2D eigenvalue weighted by Gasteiger charge is -2.29. The molecular weight excluding hydrogens is 198 g/mol. The zero-order valence-corrected chi connectivity index (χ0v) is 8.47. The fraction of sp³-hybridized carbons (Fsp3) is 0.455. The molecule has 1 aromatic carbocycles. The minimum absolute atomic E-state index is 0.131. The van der Waals surface area contributed by atoms with Crippen molar-refractivity contribution in [1.82, 2.24) is 0 Å². The van der Waals surface area contributed by atoms with Gasteiger partial charge >= 0.3 is 0 Å². The van der Waals surface area contributed by atoms with E-state index in [2.05, 4.69) is 0 Å². The van der Waals surface area contributed by atoms with Crippen LogP contribution < -0.4 is 10.6 Å². The van der Waals surface area contributed by atoms with Crippen molar-refractivity contribution in [2.75, 3.05) is 23.7 Å². The molecule has 0 saturated carbocycles. The van der Waals surface area contributed by atoms with Gasteiger partial charge in [-0.25, -0.2) is 8.78 Å². The molecule has 0 bridgehead atoms. The van der Waals surface area contributed by atoms with E-state index in [1.807, 2.05) is 4.90 Å². The van der Waals surface area contributed by atoms with Gasteiger partial charge in [-0.1, -0.05) is 0 Å². The summed E-state index contributed by atoms with van der Waals surface area (Å²) in [5.41, 5.74) is 5.49. The Kier molecular flexibility index (Phi) is 2.75. The van der Waals surface area contributed by atoms with Crippen LogP contribution >= 0.6 is 0 Å². The Bertz CT molecular complexity index is 360. The maximum Gasteiger partial charge on any atom is 0.148 e. The summed E-state index contributed by atoms with van der Waals surface area (Å²) in [4.78, 5) is 1.88. The van der Waals surface area contributed by atoms with Crippen LogP contribution in [0.25, 0.3) is 0 Å². The van der Waals surface area contributed by atoms with Crippen LogP contribution in [0.15, 0.2) is 12.1 Å². The highest BCUT2D eigenvalue weighted by atomic mass is 19.1. The molecule has 0 amide bonds. The third kappa shape index (κ3) is 2.03. The number of hydrogen-bond acceptors (Lipinski definition) is 2. The molecule has 0 unspecified atom stereocenters. The number of anilines is 2. The van der Waals surface area contributed by atoms with Crippen LogP contribution in [0.3, 0.4) is 0 Å². The summed E-state index contributed by atoms with van der Waals surface area (Å²) in [5.74, 6) is -0.979. The van der Waals surface area contributed by atoms with Crippen LogP contribution in [0.4, 0.5) is 20.2 Å². The maximum absolute atomic E-state index is 13.5. The van der Waals surface area contributed by atoms with Crippen LogP contribution in [-0.4, -0.2) is 13.1 Å². The van der Waals surface area contributed by atoms with Crippen LogP contribution in [0.2, 0.25) is 0 Å². The first-order valence-corrected chi connectivity index (χ1v) is 5.18. The van der Waals surface area contributed by atoms with E-state index in [1.54, 1.807) is 0 Å². The molecule has 0 spiro atoms. The van der Waals surface area contributed by atoms with Crippen LogP contribution in [0.1, 0.15) is 19.3 Å². The molecule has 1 aliphatic heterocycles. The normalized spacial score (nSPS) is 16.8. The van der Waals surface area contributed by atoms with E-state index in [4.69, 9.17) is 5.73 Å². The molecule has 1 fully saturated rings. The van der Waals surface area contributed by atoms with Crippen molar-refractivity contribution in [3.05, 3.63) is 23.8 Å². The van der Waals surface area contributed by atoms with Gasteiger partial charge in [-0.05, 0) is 19.3 Å². The molecule has 15 heavy (non-hydrogen) atoms. The average Bonchev–Trinajstić information content (AvgIpc) is 2.25. The predicted molar refractivity (Wildman–Crippen MR) is 56.8 cm³/mol. The summed E-state index contributed by atoms with van der Waals surface area (Å²) < 4.78 is 26.7. The zero-order chi connectivity index (χ0) is 10.8. The largest absolute Gasteiger partial charge is 0.396 e. The first-order chi connectivity index (χ1) is 7.18. The van der Waals surface area contributed by atoms with Crippen molar-refractivity contribution >= 4 is 11.4 Å². The standard InChI is InChI=1S/C11H14F2N2/c12-8-7-11(9(13)6-10(8)14)15-4-2-1-3-5-15/h6-7H,1-5,14H2. The van der Waals surface area contributed by atoms with Crippen molar-refractivity contribution in [3.8, 4) is 0 Å².